The topological polar surface area (TPSA) is 58.0 Å². The van der Waals surface area contributed by atoms with Gasteiger partial charge in [-0.1, -0.05) is 0 Å². The average molecular weight is 251 g/mol. The van der Waals surface area contributed by atoms with Gasteiger partial charge in [-0.3, -0.25) is 4.98 Å². The van der Waals surface area contributed by atoms with Crippen LogP contribution in [-0.2, 0) is 0 Å². The van der Waals surface area contributed by atoms with Crippen LogP contribution in [0.5, 0.6) is 5.75 Å². The molecule has 1 aromatic heterocycles. The van der Waals surface area contributed by atoms with E-state index in [-0.39, 0.29) is 5.75 Å². The summed E-state index contributed by atoms with van der Waals surface area (Å²) >= 11 is 0. The molecule has 0 aliphatic heterocycles. The maximum absolute atomic E-state index is 9.29. The van der Waals surface area contributed by atoms with Crippen molar-refractivity contribution in [2.24, 2.45) is 0 Å². The number of aromatic hydroxyl groups is 1. The van der Waals surface area contributed by atoms with Crippen molar-refractivity contribution in [3.8, 4) is 17.0 Å². The molecule has 0 aliphatic carbocycles. The molecule has 0 amide bonds. The molecule has 2 N–H and O–H groups in total. The molecule has 0 spiro atoms. The van der Waals surface area contributed by atoms with Gasteiger partial charge in [0.05, 0.1) is 22.9 Å². The van der Waals surface area contributed by atoms with Crippen molar-refractivity contribution in [1.82, 2.24) is 9.97 Å². The van der Waals surface area contributed by atoms with Crippen LogP contribution in [0, 0.1) is 0 Å². The Hall–Kier alpha value is -2.62. The maximum atomic E-state index is 9.29. The highest BCUT2D eigenvalue weighted by atomic mass is 16.3. The first-order valence-corrected chi connectivity index (χ1v) is 6.00. The molecular formula is C15H13N3O. The fourth-order valence-electron chi connectivity index (χ4n) is 1.94. The van der Waals surface area contributed by atoms with Crippen molar-refractivity contribution >= 4 is 16.7 Å². The Labute approximate surface area is 110 Å². The predicted octanol–water partition coefficient (Wildman–Crippen LogP) is 3.04. The molecule has 94 valence electrons. The molecule has 0 bridgehead atoms. The fraction of sp³-hybridized carbons (Fsp3) is 0.0667. The van der Waals surface area contributed by atoms with Crippen LogP contribution in [0.4, 0.5) is 5.69 Å². The summed E-state index contributed by atoms with van der Waals surface area (Å²) in [5.41, 5.74) is 4.45. The number of phenols is 1. The number of nitrogens with zero attached hydrogens (tertiary/aromatic N) is 2. The monoisotopic (exact) mass is 251 g/mol. The third-order valence-corrected chi connectivity index (χ3v) is 2.99. The van der Waals surface area contributed by atoms with Gasteiger partial charge in [-0.25, -0.2) is 4.98 Å². The summed E-state index contributed by atoms with van der Waals surface area (Å²) < 4.78 is 0. The second-order valence-electron chi connectivity index (χ2n) is 4.26. The standard InChI is InChI=1S/C15H13N3O/c1-16-11-4-7-13-14(8-11)17-9-15(18-13)10-2-5-12(19)6-3-10/h2-9,16,19H,1H3. The third-order valence-electron chi connectivity index (χ3n) is 2.99. The Bertz CT molecular complexity index is 723. The van der Waals surface area contributed by atoms with Crippen molar-refractivity contribution in [2.75, 3.05) is 12.4 Å². The minimum atomic E-state index is 0.246. The molecule has 0 unspecified atom stereocenters. The van der Waals surface area contributed by atoms with Gasteiger partial charge in [0.2, 0.25) is 0 Å². The number of nitrogens with one attached hydrogen (secondary N) is 1. The molecule has 4 heteroatoms. The lowest BCUT2D eigenvalue weighted by Crippen LogP contribution is -1.91. The summed E-state index contributed by atoms with van der Waals surface area (Å²) in [6, 6.07) is 12.8. The number of benzene rings is 2. The molecule has 0 saturated carbocycles. The lowest BCUT2D eigenvalue weighted by Gasteiger charge is -2.05. The number of rotatable bonds is 2. The number of fused-ring (bicyclic) bond motifs is 1. The van der Waals surface area contributed by atoms with Crippen molar-refractivity contribution in [3.63, 3.8) is 0 Å². The number of hydrogen-bond acceptors (Lipinski definition) is 4. The van der Waals surface area contributed by atoms with E-state index >= 15 is 0 Å². The van der Waals surface area contributed by atoms with E-state index < -0.39 is 0 Å². The van der Waals surface area contributed by atoms with E-state index in [2.05, 4.69) is 15.3 Å². The Balaban J connectivity index is 2.08. The largest absolute Gasteiger partial charge is 0.508 e. The highest BCUT2D eigenvalue weighted by Crippen LogP contribution is 2.22. The van der Waals surface area contributed by atoms with Gasteiger partial charge in [-0.2, -0.15) is 0 Å². The molecule has 3 aromatic rings. The highest BCUT2D eigenvalue weighted by molar-refractivity contribution is 5.80. The molecule has 2 aromatic carbocycles. The number of hydrogen-bond donors (Lipinski definition) is 2. The zero-order valence-electron chi connectivity index (χ0n) is 10.5. The zero-order chi connectivity index (χ0) is 13.2. The van der Waals surface area contributed by atoms with Crippen LogP contribution in [0.1, 0.15) is 0 Å². The first-order valence-electron chi connectivity index (χ1n) is 6.00. The van der Waals surface area contributed by atoms with Gasteiger partial charge < -0.3 is 10.4 Å². The molecule has 3 rings (SSSR count). The fourth-order valence-corrected chi connectivity index (χ4v) is 1.94. The normalized spacial score (nSPS) is 10.6. The maximum Gasteiger partial charge on any atom is 0.115 e. The van der Waals surface area contributed by atoms with Gasteiger partial charge in [-0.15, -0.1) is 0 Å². The van der Waals surface area contributed by atoms with Crippen molar-refractivity contribution in [3.05, 3.63) is 48.7 Å². The first kappa shape index (κ1) is 11.5. The van der Waals surface area contributed by atoms with E-state index in [0.717, 1.165) is 28.0 Å². The smallest absolute Gasteiger partial charge is 0.115 e. The van der Waals surface area contributed by atoms with Gasteiger partial charge in [0.1, 0.15) is 5.75 Å². The van der Waals surface area contributed by atoms with Gasteiger partial charge in [0, 0.05) is 18.3 Å². The molecule has 0 aliphatic rings. The van der Waals surface area contributed by atoms with E-state index in [4.69, 9.17) is 0 Å². The number of anilines is 1. The van der Waals surface area contributed by atoms with E-state index in [0.29, 0.717) is 0 Å². The quantitative estimate of drug-likeness (QED) is 0.735. The lowest BCUT2D eigenvalue weighted by molar-refractivity contribution is 0.475. The van der Waals surface area contributed by atoms with Crippen LogP contribution in [0.15, 0.2) is 48.7 Å². The summed E-state index contributed by atoms with van der Waals surface area (Å²) in [7, 11) is 1.87. The summed E-state index contributed by atoms with van der Waals surface area (Å²) in [4.78, 5) is 9.00. The van der Waals surface area contributed by atoms with Crippen LogP contribution >= 0.6 is 0 Å². The minimum Gasteiger partial charge on any atom is -0.508 e. The minimum absolute atomic E-state index is 0.246. The highest BCUT2D eigenvalue weighted by Gasteiger charge is 2.03. The van der Waals surface area contributed by atoms with Gasteiger partial charge in [0.15, 0.2) is 0 Å². The average Bonchev–Trinajstić information content (AvgIpc) is 2.47. The van der Waals surface area contributed by atoms with E-state index in [1.54, 1.807) is 18.3 Å². The SMILES string of the molecule is CNc1ccc2nc(-c3ccc(O)cc3)cnc2c1. The van der Waals surface area contributed by atoms with E-state index in [1.165, 1.54) is 0 Å². The Morgan fingerprint density at radius 3 is 2.53 bits per heavy atom. The van der Waals surface area contributed by atoms with Crippen LogP contribution in [0.2, 0.25) is 0 Å². The summed E-state index contributed by atoms with van der Waals surface area (Å²) in [6.07, 6.45) is 1.74. The van der Waals surface area contributed by atoms with E-state index in [1.807, 2.05) is 37.4 Å². The van der Waals surface area contributed by atoms with Gasteiger partial charge in [-0.05, 0) is 42.5 Å². The Morgan fingerprint density at radius 1 is 1.00 bits per heavy atom. The molecular weight excluding hydrogens is 238 g/mol. The van der Waals surface area contributed by atoms with Crippen molar-refractivity contribution in [1.29, 1.82) is 0 Å². The predicted molar refractivity (Wildman–Crippen MR) is 76.2 cm³/mol. The molecule has 1 heterocycles. The second-order valence-corrected chi connectivity index (χ2v) is 4.26. The number of aromatic nitrogens is 2. The molecule has 0 atom stereocenters. The molecule has 0 saturated heterocycles. The van der Waals surface area contributed by atoms with Gasteiger partial charge in [0.25, 0.3) is 0 Å². The molecule has 0 radical (unpaired) electrons. The first-order chi connectivity index (χ1) is 9.26. The summed E-state index contributed by atoms with van der Waals surface area (Å²) in [5, 5.41) is 12.4. The molecule has 19 heavy (non-hydrogen) atoms. The van der Waals surface area contributed by atoms with Crippen LogP contribution < -0.4 is 5.32 Å². The third kappa shape index (κ3) is 2.20. The Morgan fingerprint density at radius 2 is 1.79 bits per heavy atom. The van der Waals surface area contributed by atoms with Crippen molar-refractivity contribution < 1.29 is 5.11 Å². The molecule has 4 nitrogen and oxygen atoms in total. The van der Waals surface area contributed by atoms with Gasteiger partial charge >= 0.3 is 0 Å². The van der Waals surface area contributed by atoms with E-state index in [9.17, 15) is 5.11 Å². The van der Waals surface area contributed by atoms with Crippen LogP contribution in [0.25, 0.3) is 22.3 Å². The lowest BCUT2D eigenvalue weighted by atomic mass is 10.1. The number of phenolic OH excluding ortho intramolecular Hbond substituents is 1. The Kier molecular flexibility index (Phi) is 2.76. The van der Waals surface area contributed by atoms with Crippen LogP contribution in [0.3, 0.4) is 0 Å². The molecule has 0 fully saturated rings. The van der Waals surface area contributed by atoms with Crippen LogP contribution in [-0.4, -0.2) is 22.1 Å². The van der Waals surface area contributed by atoms with Crippen molar-refractivity contribution in [2.45, 2.75) is 0 Å². The zero-order valence-corrected chi connectivity index (χ0v) is 10.5. The second kappa shape index (κ2) is 4.57. The summed E-state index contributed by atoms with van der Waals surface area (Å²) in [6.45, 7) is 0. The summed E-state index contributed by atoms with van der Waals surface area (Å²) in [5.74, 6) is 0.246.